The molecule has 1 fully saturated rings. The van der Waals surface area contributed by atoms with E-state index in [4.69, 9.17) is 9.47 Å². The van der Waals surface area contributed by atoms with Crippen molar-refractivity contribution in [2.75, 3.05) is 0 Å². The maximum Gasteiger partial charge on any atom is 0.163 e. The van der Waals surface area contributed by atoms with Crippen molar-refractivity contribution in [2.24, 2.45) is 0 Å². The van der Waals surface area contributed by atoms with Gasteiger partial charge in [0.05, 0.1) is 0 Å². The molecular weight excluding hydrogens is 480 g/mol. The number of hydrogen-bond acceptors (Lipinski definition) is 4. The van der Waals surface area contributed by atoms with Gasteiger partial charge < -0.3 is 20.1 Å². The highest BCUT2D eigenvalue weighted by Gasteiger charge is 2.48. The van der Waals surface area contributed by atoms with Crippen molar-refractivity contribution < 1.29 is 9.47 Å². The van der Waals surface area contributed by atoms with E-state index < -0.39 is 5.79 Å². The first-order valence-corrected chi connectivity index (χ1v) is 14.0. The Balaban J connectivity index is 1.43. The molecule has 4 nitrogen and oxygen atoms in total. The zero-order valence-corrected chi connectivity index (χ0v) is 23.0. The number of hydrogen-bond donors (Lipinski definition) is 2. The van der Waals surface area contributed by atoms with Crippen molar-refractivity contribution in [3.05, 3.63) is 144 Å². The summed E-state index contributed by atoms with van der Waals surface area (Å²) in [6.07, 6.45) is 1.43. The summed E-state index contributed by atoms with van der Waals surface area (Å²) in [5, 5.41) is 7.71. The zero-order chi connectivity index (χ0) is 26.9. The normalized spacial score (nSPS) is 19.9. The average molecular weight is 521 g/mol. The van der Waals surface area contributed by atoms with E-state index in [1.807, 2.05) is 13.8 Å². The lowest BCUT2D eigenvalue weighted by atomic mass is 9.91. The molecular formula is C35H40N2O2. The van der Waals surface area contributed by atoms with Crippen molar-refractivity contribution in [1.82, 2.24) is 10.6 Å². The van der Waals surface area contributed by atoms with Crippen LogP contribution in [0.4, 0.5) is 0 Å². The van der Waals surface area contributed by atoms with Gasteiger partial charge in [0, 0.05) is 25.2 Å². The number of ether oxygens (including phenoxy) is 2. The fourth-order valence-electron chi connectivity index (χ4n) is 5.47. The quantitative estimate of drug-likeness (QED) is 0.230. The second-order valence-electron chi connectivity index (χ2n) is 10.9. The lowest BCUT2D eigenvalue weighted by molar-refractivity contribution is -0.150. The number of nitrogens with one attached hydrogen (secondary N) is 2. The molecule has 202 valence electrons. The van der Waals surface area contributed by atoms with Gasteiger partial charge in [-0.1, -0.05) is 121 Å². The van der Waals surface area contributed by atoms with E-state index in [1.165, 1.54) is 22.3 Å². The third-order valence-electron chi connectivity index (χ3n) is 7.38. The van der Waals surface area contributed by atoms with Crippen molar-refractivity contribution in [3.63, 3.8) is 0 Å². The van der Waals surface area contributed by atoms with E-state index in [0.29, 0.717) is 0 Å². The first-order valence-electron chi connectivity index (χ1n) is 14.0. The maximum atomic E-state index is 6.73. The van der Waals surface area contributed by atoms with Gasteiger partial charge in [0.2, 0.25) is 0 Å². The highest BCUT2D eigenvalue weighted by molar-refractivity contribution is 5.21. The van der Waals surface area contributed by atoms with Crippen LogP contribution in [0.15, 0.2) is 121 Å². The molecule has 1 saturated heterocycles. The summed E-state index contributed by atoms with van der Waals surface area (Å²) in [4.78, 5) is 0. The average Bonchev–Trinajstić information content (AvgIpc) is 3.30. The Morgan fingerprint density at radius 1 is 0.513 bits per heavy atom. The van der Waals surface area contributed by atoms with E-state index in [9.17, 15) is 0 Å². The molecule has 0 spiro atoms. The molecule has 4 atom stereocenters. The molecule has 0 aliphatic carbocycles. The fourth-order valence-corrected chi connectivity index (χ4v) is 5.47. The van der Waals surface area contributed by atoms with Gasteiger partial charge in [0.25, 0.3) is 0 Å². The van der Waals surface area contributed by atoms with E-state index >= 15 is 0 Å². The largest absolute Gasteiger partial charge is 0.343 e. The molecule has 4 heteroatoms. The first-order chi connectivity index (χ1) is 19.1. The molecule has 0 unspecified atom stereocenters. The fraction of sp³-hybridized carbons (Fsp3) is 0.314. The highest BCUT2D eigenvalue weighted by Crippen LogP contribution is 2.34. The Bertz CT molecular complexity index is 1150. The molecule has 4 aromatic rings. The van der Waals surface area contributed by atoms with E-state index in [-0.39, 0.29) is 24.3 Å². The van der Waals surface area contributed by atoms with Crippen LogP contribution in [0, 0.1) is 0 Å². The van der Waals surface area contributed by atoms with Crippen molar-refractivity contribution in [2.45, 2.75) is 69.9 Å². The molecule has 0 saturated carbocycles. The molecule has 2 N–H and O–H groups in total. The monoisotopic (exact) mass is 520 g/mol. The molecule has 1 heterocycles. The Labute approximate surface area is 233 Å². The minimum absolute atomic E-state index is 0.0659. The molecule has 1 aliphatic heterocycles. The van der Waals surface area contributed by atoms with Crippen LogP contribution in [0.3, 0.4) is 0 Å². The molecule has 0 amide bonds. The third kappa shape index (κ3) is 7.87. The lowest BCUT2D eigenvalue weighted by Gasteiger charge is -2.33. The molecule has 39 heavy (non-hydrogen) atoms. The summed E-state index contributed by atoms with van der Waals surface area (Å²) in [6.45, 7) is 5.61. The van der Waals surface area contributed by atoms with Crippen LogP contribution in [0.2, 0.25) is 0 Å². The van der Waals surface area contributed by atoms with Crippen LogP contribution >= 0.6 is 0 Å². The molecule has 0 radical (unpaired) electrons. The second-order valence-corrected chi connectivity index (χ2v) is 10.9. The van der Waals surface area contributed by atoms with Crippen molar-refractivity contribution >= 4 is 0 Å². The standard InChI is InChI=1S/C35H40N2O2/c1-35(2)38-33(31(23-27-15-7-3-8-16-27)36-25-29-19-11-5-12-20-29)34(39-35)32(24-28-17-9-4-10-18-28)37-26-30-21-13-6-14-22-30/h3-22,31-34,36-37H,23-26H2,1-2H3/t31-,32-,33+,34+/m1/s1. The Morgan fingerprint density at radius 2 is 0.821 bits per heavy atom. The van der Waals surface area contributed by atoms with Gasteiger partial charge in [-0.05, 0) is 48.9 Å². The zero-order valence-electron chi connectivity index (χ0n) is 23.0. The highest BCUT2D eigenvalue weighted by atomic mass is 16.8. The van der Waals surface area contributed by atoms with E-state index in [0.717, 1.165) is 25.9 Å². The molecule has 1 aliphatic rings. The van der Waals surface area contributed by atoms with Crippen LogP contribution in [-0.2, 0) is 35.4 Å². The Kier molecular flexibility index (Phi) is 9.23. The topological polar surface area (TPSA) is 42.5 Å². The summed E-state index contributed by atoms with van der Waals surface area (Å²) in [6, 6.07) is 42.6. The Hall–Kier alpha value is -3.28. The predicted molar refractivity (Wildman–Crippen MR) is 158 cm³/mol. The smallest absolute Gasteiger partial charge is 0.163 e. The van der Waals surface area contributed by atoms with Gasteiger partial charge in [0.1, 0.15) is 12.2 Å². The van der Waals surface area contributed by atoms with E-state index in [1.54, 1.807) is 0 Å². The van der Waals surface area contributed by atoms with Crippen LogP contribution < -0.4 is 10.6 Å². The number of rotatable bonds is 12. The molecule has 0 bridgehead atoms. The molecule has 5 rings (SSSR count). The maximum absolute atomic E-state index is 6.73. The minimum Gasteiger partial charge on any atom is -0.343 e. The SMILES string of the molecule is CC1(C)O[C@@H]([C@@H](Cc2ccccc2)NCc2ccccc2)[C@H]([C@@H](Cc2ccccc2)NCc2ccccc2)O1. The number of benzene rings is 4. The predicted octanol–water partition coefficient (Wildman–Crippen LogP) is 6.31. The van der Waals surface area contributed by atoms with Crippen molar-refractivity contribution in [1.29, 1.82) is 0 Å². The third-order valence-corrected chi connectivity index (χ3v) is 7.38. The summed E-state index contributed by atoms with van der Waals surface area (Å²) >= 11 is 0. The van der Waals surface area contributed by atoms with Crippen LogP contribution in [-0.4, -0.2) is 30.1 Å². The van der Waals surface area contributed by atoms with E-state index in [2.05, 4.69) is 132 Å². The first kappa shape index (κ1) is 27.3. The second kappa shape index (κ2) is 13.2. The lowest BCUT2D eigenvalue weighted by Crippen LogP contribution is -2.53. The molecule has 4 aromatic carbocycles. The van der Waals surface area contributed by atoms with Crippen LogP contribution in [0.5, 0.6) is 0 Å². The van der Waals surface area contributed by atoms with Gasteiger partial charge >= 0.3 is 0 Å². The van der Waals surface area contributed by atoms with Crippen LogP contribution in [0.25, 0.3) is 0 Å². The summed E-state index contributed by atoms with van der Waals surface area (Å²) in [5.74, 6) is -0.679. The van der Waals surface area contributed by atoms with Gasteiger partial charge in [-0.3, -0.25) is 0 Å². The summed E-state index contributed by atoms with van der Waals surface area (Å²) in [5.41, 5.74) is 5.08. The molecule has 0 aromatic heterocycles. The Morgan fingerprint density at radius 3 is 1.15 bits per heavy atom. The van der Waals surface area contributed by atoms with Crippen LogP contribution in [0.1, 0.15) is 36.1 Å². The summed E-state index contributed by atoms with van der Waals surface area (Å²) in [7, 11) is 0. The van der Waals surface area contributed by atoms with Gasteiger partial charge in [-0.25, -0.2) is 0 Å². The van der Waals surface area contributed by atoms with Gasteiger partial charge in [-0.2, -0.15) is 0 Å². The van der Waals surface area contributed by atoms with Gasteiger partial charge in [0.15, 0.2) is 5.79 Å². The van der Waals surface area contributed by atoms with Gasteiger partial charge in [-0.15, -0.1) is 0 Å². The minimum atomic E-state index is -0.679. The summed E-state index contributed by atoms with van der Waals surface area (Å²) < 4.78 is 13.5. The van der Waals surface area contributed by atoms with Crippen molar-refractivity contribution in [3.8, 4) is 0 Å².